The fraction of sp³-hybridized carbons (Fsp3) is 0.333. The molecule has 1 aromatic carbocycles. The van der Waals surface area contributed by atoms with Gasteiger partial charge in [0.25, 0.3) is 0 Å². The zero-order chi connectivity index (χ0) is 16.9. The van der Waals surface area contributed by atoms with E-state index in [1.807, 2.05) is 17.8 Å². The first-order valence-corrected chi connectivity index (χ1v) is 8.87. The normalized spacial score (nSPS) is 13.2. The number of nitriles is 1. The Morgan fingerprint density at radius 2 is 2.29 bits per heavy atom. The van der Waals surface area contributed by atoms with Crippen LogP contribution in [0.2, 0.25) is 0 Å². The van der Waals surface area contributed by atoms with E-state index in [9.17, 15) is 9.65 Å². The van der Waals surface area contributed by atoms with E-state index in [1.54, 1.807) is 19.2 Å². The van der Waals surface area contributed by atoms with Gasteiger partial charge in [-0.2, -0.15) is 17.0 Å². The Bertz CT molecular complexity index is 789. The van der Waals surface area contributed by atoms with Crippen molar-refractivity contribution in [2.45, 2.75) is 25.3 Å². The van der Waals surface area contributed by atoms with Crippen LogP contribution >= 0.6 is 11.8 Å². The highest BCUT2D eigenvalue weighted by molar-refractivity contribution is 7.98. The number of benzene rings is 1. The van der Waals surface area contributed by atoms with Crippen molar-refractivity contribution < 1.29 is 9.13 Å². The minimum atomic E-state index is -0.275. The van der Waals surface area contributed by atoms with Gasteiger partial charge < -0.3 is 10.1 Å². The molecule has 0 spiro atoms. The number of aryl methyl sites for hydroxylation is 1. The van der Waals surface area contributed by atoms with Gasteiger partial charge in [-0.3, -0.25) is 0 Å². The Hall–Kier alpha value is -2.10. The molecule has 2 aromatic rings. The predicted molar refractivity (Wildman–Crippen MR) is 93.3 cm³/mol. The summed E-state index contributed by atoms with van der Waals surface area (Å²) in [6.45, 7) is 0.712. The number of hydrogen-bond donors (Lipinski definition) is 1. The molecule has 1 aliphatic heterocycles. The number of anilines is 1. The van der Waals surface area contributed by atoms with Crippen LogP contribution in [0.25, 0.3) is 0 Å². The molecule has 6 heteroatoms. The molecular formula is C18H18FN3OS. The van der Waals surface area contributed by atoms with Crippen LogP contribution in [0.4, 0.5) is 10.2 Å². The first-order valence-electron chi connectivity index (χ1n) is 7.72. The van der Waals surface area contributed by atoms with Crippen LogP contribution in [-0.4, -0.2) is 17.8 Å². The van der Waals surface area contributed by atoms with E-state index >= 15 is 0 Å². The zero-order valence-corrected chi connectivity index (χ0v) is 14.3. The Morgan fingerprint density at radius 1 is 1.42 bits per heavy atom. The number of hydrogen-bond acceptors (Lipinski definition) is 5. The molecule has 1 N–H and O–H groups in total. The second-order valence-electron chi connectivity index (χ2n) is 5.62. The third kappa shape index (κ3) is 3.69. The molecule has 124 valence electrons. The van der Waals surface area contributed by atoms with E-state index in [2.05, 4.69) is 16.4 Å². The summed E-state index contributed by atoms with van der Waals surface area (Å²) in [4.78, 5) is 4.63. The summed E-state index contributed by atoms with van der Waals surface area (Å²) < 4.78 is 18.7. The van der Waals surface area contributed by atoms with Gasteiger partial charge in [0.05, 0.1) is 12.2 Å². The molecule has 1 aliphatic rings. The summed E-state index contributed by atoms with van der Waals surface area (Å²) in [6.07, 6.45) is 0.926. The second-order valence-corrected chi connectivity index (χ2v) is 6.72. The van der Waals surface area contributed by atoms with Gasteiger partial charge in [-0.05, 0) is 41.5 Å². The molecule has 4 nitrogen and oxygen atoms in total. The number of fused-ring (bicyclic) bond motifs is 1. The Kier molecular flexibility index (Phi) is 5.34. The highest BCUT2D eigenvalue weighted by Gasteiger charge is 2.15. The molecule has 0 saturated carbocycles. The number of methoxy groups -OCH3 is 1. The molecule has 0 saturated heterocycles. The number of ether oxygens (including phenoxy) is 1. The maximum absolute atomic E-state index is 13.7. The maximum atomic E-state index is 13.7. The number of nitrogens with zero attached hydrogens (tertiary/aromatic N) is 2. The fourth-order valence-electron chi connectivity index (χ4n) is 2.70. The van der Waals surface area contributed by atoms with Crippen LogP contribution in [0.1, 0.15) is 27.9 Å². The van der Waals surface area contributed by atoms with Crippen LogP contribution in [0.15, 0.2) is 24.3 Å². The third-order valence-corrected chi connectivity index (χ3v) is 4.93. The smallest absolute Gasteiger partial charge is 0.144 e. The average Bonchev–Trinajstić information content (AvgIpc) is 2.61. The van der Waals surface area contributed by atoms with E-state index in [4.69, 9.17) is 4.74 Å². The number of nitrogens with one attached hydrogen (secondary N) is 1. The van der Waals surface area contributed by atoms with Crippen LogP contribution in [0, 0.1) is 17.1 Å². The van der Waals surface area contributed by atoms with Crippen molar-refractivity contribution in [3.8, 4) is 6.07 Å². The van der Waals surface area contributed by atoms with Gasteiger partial charge in [-0.1, -0.05) is 6.07 Å². The van der Waals surface area contributed by atoms with E-state index in [0.717, 1.165) is 34.7 Å². The largest absolute Gasteiger partial charge is 0.380 e. The van der Waals surface area contributed by atoms with Crippen molar-refractivity contribution in [1.29, 1.82) is 5.26 Å². The Morgan fingerprint density at radius 3 is 3.08 bits per heavy atom. The third-order valence-electron chi connectivity index (χ3n) is 3.92. The summed E-state index contributed by atoms with van der Waals surface area (Å²) >= 11 is 1.86. The van der Waals surface area contributed by atoms with Crippen LogP contribution < -0.4 is 5.32 Å². The zero-order valence-electron chi connectivity index (χ0n) is 13.4. The van der Waals surface area contributed by atoms with Crippen molar-refractivity contribution >= 4 is 17.6 Å². The molecule has 24 heavy (non-hydrogen) atoms. The Labute approximate surface area is 145 Å². The number of aromatic nitrogens is 1. The molecule has 1 aromatic heterocycles. The van der Waals surface area contributed by atoms with Crippen molar-refractivity contribution in [3.05, 3.63) is 58.0 Å². The van der Waals surface area contributed by atoms with Gasteiger partial charge >= 0.3 is 0 Å². The molecule has 0 radical (unpaired) electrons. The minimum absolute atomic E-state index is 0.234. The lowest BCUT2D eigenvalue weighted by Gasteiger charge is -2.17. The lowest BCUT2D eigenvalue weighted by Crippen LogP contribution is -2.11. The quantitative estimate of drug-likeness (QED) is 0.898. The summed E-state index contributed by atoms with van der Waals surface area (Å²) in [5.41, 5.74) is 4.21. The summed E-state index contributed by atoms with van der Waals surface area (Å²) in [5, 5.41) is 12.6. The monoisotopic (exact) mass is 343 g/mol. The standard InChI is InChI=1S/C18H18FN3OS/c1-23-10-14-6-12(2-3-16(14)19)9-21-18-13(8-20)7-15-11-24-5-4-17(15)22-18/h2-3,6-7H,4-5,9-11H2,1H3,(H,21,22). The van der Waals surface area contributed by atoms with Gasteiger partial charge in [-0.25, -0.2) is 9.37 Å². The van der Waals surface area contributed by atoms with E-state index in [0.29, 0.717) is 23.5 Å². The lowest BCUT2D eigenvalue weighted by molar-refractivity contribution is 0.181. The first-order chi connectivity index (χ1) is 11.7. The number of rotatable bonds is 5. The van der Waals surface area contributed by atoms with Gasteiger partial charge in [0, 0.05) is 30.7 Å². The van der Waals surface area contributed by atoms with Gasteiger partial charge in [0.2, 0.25) is 0 Å². The number of halogens is 1. The number of pyridine rings is 1. The van der Waals surface area contributed by atoms with E-state index in [1.165, 1.54) is 6.07 Å². The van der Waals surface area contributed by atoms with Crippen molar-refractivity contribution in [1.82, 2.24) is 4.98 Å². The summed E-state index contributed by atoms with van der Waals surface area (Å²) in [7, 11) is 1.54. The molecule has 0 amide bonds. The van der Waals surface area contributed by atoms with Crippen molar-refractivity contribution in [2.75, 3.05) is 18.2 Å². The second kappa shape index (κ2) is 7.65. The topological polar surface area (TPSA) is 57.9 Å². The first kappa shape index (κ1) is 16.7. The molecule has 0 fully saturated rings. The fourth-order valence-corrected chi connectivity index (χ4v) is 3.65. The SMILES string of the molecule is COCc1cc(CNc2nc3c(cc2C#N)CSCC3)ccc1F. The number of thioether (sulfide) groups is 1. The highest BCUT2D eigenvalue weighted by Crippen LogP contribution is 2.27. The van der Waals surface area contributed by atoms with Crippen molar-refractivity contribution in [2.24, 2.45) is 0 Å². The molecule has 0 bridgehead atoms. The highest BCUT2D eigenvalue weighted by atomic mass is 32.2. The van der Waals surface area contributed by atoms with Gasteiger partial charge in [-0.15, -0.1) is 0 Å². The maximum Gasteiger partial charge on any atom is 0.144 e. The van der Waals surface area contributed by atoms with E-state index in [-0.39, 0.29) is 12.4 Å². The predicted octanol–water partition coefficient (Wildman–Crippen LogP) is 3.64. The lowest BCUT2D eigenvalue weighted by atomic mass is 10.1. The van der Waals surface area contributed by atoms with E-state index < -0.39 is 0 Å². The summed E-state index contributed by atoms with van der Waals surface area (Å²) in [5.74, 6) is 2.29. The average molecular weight is 343 g/mol. The molecule has 0 atom stereocenters. The van der Waals surface area contributed by atoms with Crippen LogP contribution in [0.5, 0.6) is 0 Å². The summed E-state index contributed by atoms with van der Waals surface area (Å²) in [6, 6.07) is 9.07. The van der Waals surface area contributed by atoms with Crippen molar-refractivity contribution in [3.63, 3.8) is 0 Å². The van der Waals surface area contributed by atoms with Gasteiger partial charge in [0.1, 0.15) is 17.7 Å². The minimum Gasteiger partial charge on any atom is -0.380 e. The molecule has 2 heterocycles. The van der Waals surface area contributed by atoms with Crippen LogP contribution in [-0.2, 0) is 30.1 Å². The van der Waals surface area contributed by atoms with Crippen LogP contribution in [0.3, 0.4) is 0 Å². The molecular weight excluding hydrogens is 325 g/mol. The van der Waals surface area contributed by atoms with Gasteiger partial charge in [0.15, 0.2) is 0 Å². The Balaban J connectivity index is 1.79. The molecule has 0 unspecified atom stereocenters. The molecule has 0 aliphatic carbocycles. The molecule has 3 rings (SSSR count).